The minimum absolute atomic E-state index is 0.473. The van der Waals surface area contributed by atoms with E-state index >= 15 is 0 Å². The Morgan fingerprint density at radius 1 is 1.10 bits per heavy atom. The van der Waals surface area contributed by atoms with Crippen LogP contribution in [-0.4, -0.2) is 18.6 Å². The van der Waals surface area contributed by atoms with Crippen LogP contribution in [0.25, 0.3) is 0 Å². The van der Waals surface area contributed by atoms with Gasteiger partial charge in [-0.15, -0.1) is 0 Å². The van der Waals surface area contributed by atoms with Crippen molar-refractivity contribution in [2.45, 2.75) is 20.0 Å². The van der Waals surface area contributed by atoms with Crippen molar-refractivity contribution in [1.29, 1.82) is 0 Å². The van der Waals surface area contributed by atoms with Gasteiger partial charge in [-0.2, -0.15) is 0 Å². The highest BCUT2D eigenvalue weighted by atomic mass is 16.5. The Labute approximate surface area is 119 Å². The Morgan fingerprint density at radius 3 is 2.65 bits per heavy atom. The fraction of sp³-hybridized carbons (Fsp3) is 0.312. The predicted molar refractivity (Wildman–Crippen MR) is 79.1 cm³/mol. The van der Waals surface area contributed by atoms with Crippen LogP contribution in [0.2, 0.25) is 0 Å². The third kappa shape index (κ3) is 3.71. The van der Waals surface area contributed by atoms with E-state index in [1.807, 2.05) is 37.5 Å². The number of ether oxygens (including phenoxy) is 2. The molecule has 4 nitrogen and oxygen atoms in total. The van der Waals surface area contributed by atoms with Gasteiger partial charge in [-0.25, -0.2) is 0 Å². The normalized spacial score (nSPS) is 10.3. The van der Waals surface area contributed by atoms with Gasteiger partial charge < -0.3 is 15.2 Å². The molecule has 0 saturated heterocycles. The van der Waals surface area contributed by atoms with Gasteiger partial charge in [-0.05, 0) is 49.2 Å². The smallest absolute Gasteiger partial charge is 0.161 e. The first kappa shape index (κ1) is 14.3. The predicted octanol–water partition coefficient (Wildman–Crippen LogP) is 2.48. The van der Waals surface area contributed by atoms with Crippen molar-refractivity contribution in [1.82, 2.24) is 4.98 Å². The second-order valence-corrected chi connectivity index (χ2v) is 4.68. The highest BCUT2D eigenvalue weighted by Crippen LogP contribution is 2.28. The fourth-order valence-electron chi connectivity index (χ4n) is 2.01. The number of aryl methyl sites for hydroxylation is 1. The summed E-state index contributed by atoms with van der Waals surface area (Å²) in [5, 5.41) is 0. The van der Waals surface area contributed by atoms with Crippen LogP contribution in [-0.2, 0) is 13.0 Å². The number of rotatable bonds is 6. The average Bonchev–Trinajstić information content (AvgIpc) is 2.46. The molecule has 0 saturated carbocycles. The lowest BCUT2D eigenvalue weighted by molar-refractivity contribution is 0.284. The van der Waals surface area contributed by atoms with E-state index in [0.29, 0.717) is 13.2 Å². The van der Waals surface area contributed by atoms with E-state index in [1.165, 1.54) is 0 Å². The van der Waals surface area contributed by atoms with Gasteiger partial charge in [0.25, 0.3) is 0 Å². The largest absolute Gasteiger partial charge is 0.493 e. The molecule has 106 valence electrons. The number of nitrogens with two attached hydrogens (primary N) is 1. The topological polar surface area (TPSA) is 57.4 Å². The van der Waals surface area contributed by atoms with Gasteiger partial charge in [-0.3, -0.25) is 4.98 Å². The molecule has 1 heterocycles. The Kier molecular flexibility index (Phi) is 4.96. The summed E-state index contributed by atoms with van der Waals surface area (Å²) in [6.45, 7) is 3.11. The molecule has 0 fully saturated rings. The van der Waals surface area contributed by atoms with E-state index in [9.17, 15) is 0 Å². The molecule has 0 spiro atoms. The summed E-state index contributed by atoms with van der Waals surface area (Å²) in [6, 6.07) is 7.96. The number of hydrogen-bond acceptors (Lipinski definition) is 4. The first-order chi connectivity index (χ1) is 9.72. The third-order valence-electron chi connectivity index (χ3n) is 2.99. The minimum Gasteiger partial charge on any atom is -0.493 e. The van der Waals surface area contributed by atoms with Crippen molar-refractivity contribution in [3.63, 3.8) is 0 Å². The fourth-order valence-corrected chi connectivity index (χ4v) is 2.01. The van der Waals surface area contributed by atoms with E-state index in [-0.39, 0.29) is 0 Å². The summed E-state index contributed by atoms with van der Waals surface area (Å²) in [5.74, 6) is 1.46. The van der Waals surface area contributed by atoms with Crippen LogP contribution in [0.4, 0.5) is 0 Å². The molecule has 0 atom stereocenters. The Morgan fingerprint density at radius 2 is 1.95 bits per heavy atom. The molecule has 0 amide bonds. The molecule has 2 rings (SSSR count). The molecule has 4 heteroatoms. The first-order valence-electron chi connectivity index (χ1n) is 6.63. The highest BCUT2D eigenvalue weighted by Gasteiger charge is 2.06. The molecule has 2 N–H and O–H groups in total. The van der Waals surface area contributed by atoms with Crippen LogP contribution in [0.1, 0.15) is 16.7 Å². The molecule has 0 unspecified atom stereocenters. The van der Waals surface area contributed by atoms with Crippen molar-refractivity contribution in [3.05, 3.63) is 53.3 Å². The van der Waals surface area contributed by atoms with Gasteiger partial charge in [0.15, 0.2) is 11.5 Å². The van der Waals surface area contributed by atoms with Crippen molar-refractivity contribution < 1.29 is 9.47 Å². The molecule has 2 aromatic rings. The van der Waals surface area contributed by atoms with Crippen LogP contribution in [0.3, 0.4) is 0 Å². The lowest BCUT2D eigenvalue weighted by Crippen LogP contribution is -2.03. The lowest BCUT2D eigenvalue weighted by atomic mass is 10.1. The van der Waals surface area contributed by atoms with E-state index in [4.69, 9.17) is 15.2 Å². The summed E-state index contributed by atoms with van der Waals surface area (Å²) in [4.78, 5) is 4.15. The van der Waals surface area contributed by atoms with Crippen molar-refractivity contribution in [2.24, 2.45) is 5.73 Å². The number of methoxy groups -OCH3 is 1. The monoisotopic (exact) mass is 272 g/mol. The molecule has 0 bridgehead atoms. The van der Waals surface area contributed by atoms with Crippen LogP contribution < -0.4 is 15.2 Å². The zero-order valence-electron chi connectivity index (χ0n) is 11.9. The summed E-state index contributed by atoms with van der Waals surface area (Å²) >= 11 is 0. The SMILES string of the molecule is COc1cc(CCN)ccc1OCc1cncc(C)c1. The molecule has 20 heavy (non-hydrogen) atoms. The van der Waals surface area contributed by atoms with Gasteiger partial charge in [0.1, 0.15) is 6.61 Å². The van der Waals surface area contributed by atoms with Crippen LogP contribution in [0.15, 0.2) is 36.7 Å². The van der Waals surface area contributed by atoms with E-state index in [2.05, 4.69) is 11.1 Å². The zero-order valence-corrected chi connectivity index (χ0v) is 11.9. The summed E-state index contributed by atoms with van der Waals surface area (Å²) in [6.07, 6.45) is 4.46. The second kappa shape index (κ2) is 6.91. The van der Waals surface area contributed by atoms with E-state index < -0.39 is 0 Å². The average molecular weight is 272 g/mol. The van der Waals surface area contributed by atoms with Crippen molar-refractivity contribution in [3.8, 4) is 11.5 Å². The molecular weight excluding hydrogens is 252 g/mol. The van der Waals surface area contributed by atoms with Crippen molar-refractivity contribution in [2.75, 3.05) is 13.7 Å². The maximum atomic E-state index is 5.81. The molecule has 0 aliphatic heterocycles. The van der Waals surface area contributed by atoms with Gasteiger partial charge >= 0.3 is 0 Å². The summed E-state index contributed by atoms with van der Waals surface area (Å²) < 4.78 is 11.2. The maximum Gasteiger partial charge on any atom is 0.161 e. The number of pyridine rings is 1. The second-order valence-electron chi connectivity index (χ2n) is 4.68. The molecular formula is C16H20N2O2. The van der Waals surface area contributed by atoms with Gasteiger partial charge in [0.2, 0.25) is 0 Å². The molecule has 0 radical (unpaired) electrons. The van der Waals surface area contributed by atoms with Gasteiger partial charge in [0, 0.05) is 18.0 Å². The third-order valence-corrected chi connectivity index (χ3v) is 2.99. The molecule has 0 aliphatic carbocycles. The number of aromatic nitrogens is 1. The Balaban J connectivity index is 2.09. The molecule has 1 aromatic carbocycles. The Bertz CT molecular complexity index is 570. The lowest BCUT2D eigenvalue weighted by Gasteiger charge is -2.12. The maximum absolute atomic E-state index is 5.81. The van der Waals surface area contributed by atoms with E-state index in [0.717, 1.165) is 34.6 Å². The Hall–Kier alpha value is -2.07. The highest BCUT2D eigenvalue weighted by molar-refractivity contribution is 5.43. The van der Waals surface area contributed by atoms with Crippen LogP contribution in [0.5, 0.6) is 11.5 Å². The van der Waals surface area contributed by atoms with Crippen LogP contribution in [0, 0.1) is 6.92 Å². The standard InChI is InChI=1S/C16H20N2O2/c1-12-7-14(10-18-9-12)11-20-15-4-3-13(5-6-17)8-16(15)19-2/h3-4,7-10H,5-6,11,17H2,1-2H3. The first-order valence-corrected chi connectivity index (χ1v) is 6.63. The van der Waals surface area contributed by atoms with Crippen molar-refractivity contribution >= 4 is 0 Å². The van der Waals surface area contributed by atoms with Crippen LogP contribution >= 0.6 is 0 Å². The molecule has 1 aromatic heterocycles. The van der Waals surface area contributed by atoms with Gasteiger partial charge in [-0.1, -0.05) is 6.07 Å². The summed E-state index contributed by atoms with van der Waals surface area (Å²) in [7, 11) is 1.64. The minimum atomic E-state index is 0.473. The van der Waals surface area contributed by atoms with E-state index in [1.54, 1.807) is 7.11 Å². The van der Waals surface area contributed by atoms with Gasteiger partial charge in [0.05, 0.1) is 7.11 Å². The number of nitrogens with zero attached hydrogens (tertiary/aromatic N) is 1. The number of hydrogen-bond donors (Lipinski definition) is 1. The molecule has 0 aliphatic rings. The number of benzene rings is 1. The quantitative estimate of drug-likeness (QED) is 0.877. The zero-order chi connectivity index (χ0) is 14.4. The summed E-state index contributed by atoms with van der Waals surface area (Å²) in [5.41, 5.74) is 8.87.